The average molecular weight is 373 g/mol. The summed E-state index contributed by atoms with van der Waals surface area (Å²) in [5.74, 6) is -1.16. The molecular weight excluding hydrogens is 360 g/mol. The van der Waals surface area contributed by atoms with E-state index in [1.165, 1.54) is 18.2 Å². The van der Waals surface area contributed by atoms with E-state index in [9.17, 15) is 9.59 Å². The van der Waals surface area contributed by atoms with Crippen molar-refractivity contribution in [1.82, 2.24) is 0 Å². The Balaban J connectivity index is 0.00000196. The number of benzene rings is 3. The monoisotopic (exact) mass is 372 g/mol. The molecule has 26 heavy (non-hydrogen) atoms. The molecule has 0 saturated carbocycles. The minimum absolute atomic E-state index is 0. The van der Waals surface area contributed by atoms with Crippen LogP contribution in [0, 0.1) is 0 Å². The first-order chi connectivity index (χ1) is 11.8. The van der Waals surface area contributed by atoms with Crippen LogP contribution in [0.5, 0.6) is 5.75 Å². The van der Waals surface area contributed by atoms with Gasteiger partial charge in [0.15, 0.2) is 11.6 Å². The van der Waals surface area contributed by atoms with Gasteiger partial charge in [0, 0.05) is 16.7 Å². The third kappa shape index (κ3) is 2.85. The highest BCUT2D eigenvalue weighted by Gasteiger charge is 2.34. The highest BCUT2D eigenvalue weighted by molar-refractivity contribution is 6.30. The Kier molecular flexibility index (Phi) is 4.29. The van der Waals surface area contributed by atoms with E-state index >= 15 is 0 Å². The Morgan fingerprint density at radius 3 is 1.88 bits per heavy atom. The summed E-state index contributed by atoms with van der Waals surface area (Å²) in [6.07, 6.45) is -3.46. The summed E-state index contributed by atoms with van der Waals surface area (Å²) in [5.41, 5.74) is 0.439. The van der Waals surface area contributed by atoms with Crippen molar-refractivity contribution in [2.75, 3.05) is 0 Å². The summed E-state index contributed by atoms with van der Waals surface area (Å²) in [6.45, 7) is 0. The Morgan fingerprint density at radius 1 is 0.731 bits per heavy atom. The van der Waals surface area contributed by atoms with Crippen LogP contribution in [0.2, 0.25) is 0 Å². The van der Waals surface area contributed by atoms with Crippen LogP contribution in [0.15, 0.2) is 54.6 Å². The van der Waals surface area contributed by atoms with E-state index in [1.807, 2.05) is 24.3 Å². The van der Waals surface area contributed by atoms with Gasteiger partial charge in [-0.25, -0.2) is 0 Å². The lowest BCUT2D eigenvalue weighted by Crippen LogP contribution is -2.35. The number of rotatable bonds is 2. The zero-order chi connectivity index (χ0) is 17.8. The Labute approximate surface area is 153 Å². The first-order valence-electron chi connectivity index (χ1n) is 7.46. The topological polar surface area (TPSA) is 104 Å². The fourth-order valence-corrected chi connectivity index (χ4v) is 3.08. The molecule has 0 amide bonds. The SMILES string of the molecule is Cl.O=C1c2cc3ccccc3cc2C(=O)c2c(OC(O)(O)O)cccc21. The number of halogens is 1. The molecule has 7 heteroatoms. The summed E-state index contributed by atoms with van der Waals surface area (Å²) >= 11 is 0. The maximum Gasteiger partial charge on any atom is 0.453 e. The van der Waals surface area contributed by atoms with E-state index < -0.39 is 11.9 Å². The van der Waals surface area contributed by atoms with Gasteiger partial charge >= 0.3 is 6.16 Å². The first-order valence-corrected chi connectivity index (χ1v) is 7.46. The molecule has 0 fully saturated rings. The summed E-state index contributed by atoms with van der Waals surface area (Å²) in [4.78, 5) is 25.7. The predicted molar refractivity (Wildman–Crippen MR) is 94.5 cm³/mol. The lowest BCUT2D eigenvalue weighted by molar-refractivity contribution is -0.419. The molecule has 0 aliphatic heterocycles. The van der Waals surface area contributed by atoms with Gasteiger partial charge in [0.1, 0.15) is 5.75 Å². The van der Waals surface area contributed by atoms with Crippen LogP contribution >= 0.6 is 12.4 Å². The van der Waals surface area contributed by atoms with E-state index in [0.717, 1.165) is 10.8 Å². The van der Waals surface area contributed by atoms with E-state index in [4.69, 9.17) is 15.3 Å². The van der Waals surface area contributed by atoms with E-state index in [1.54, 1.807) is 12.1 Å². The highest BCUT2D eigenvalue weighted by Crippen LogP contribution is 2.35. The number of ether oxygens (including phenoxy) is 1. The predicted octanol–water partition coefficient (Wildman–Crippen LogP) is 2.00. The zero-order valence-electron chi connectivity index (χ0n) is 13.2. The van der Waals surface area contributed by atoms with Crippen LogP contribution in [0.3, 0.4) is 0 Å². The molecule has 0 aromatic heterocycles. The minimum atomic E-state index is -3.46. The Morgan fingerprint density at radius 2 is 1.31 bits per heavy atom. The molecule has 3 aromatic rings. The standard InChI is InChI=1S/C19H12O6.ClH/c20-17-12-6-3-7-15(25-19(22,23)24)16(12)18(21)14-9-11-5-2-1-4-10(11)8-13(14)17;/h1-9,22-24H;1H. The molecule has 132 valence electrons. The molecule has 0 atom stereocenters. The minimum Gasteiger partial charge on any atom is -0.416 e. The first kappa shape index (κ1) is 18.0. The molecule has 1 aliphatic rings. The second kappa shape index (κ2) is 6.19. The van der Waals surface area contributed by atoms with Gasteiger partial charge in [-0.1, -0.05) is 36.4 Å². The second-order valence-corrected chi connectivity index (χ2v) is 5.76. The van der Waals surface area contributed by atoms with Crippen molar-refractivity contribution in [3.05, 3.63) is 76.9 Å². The van der Waals surface area contributed by atoms with Gasteiger partial charge in [0.2, 0.25) is 0 Å². The van der Waals surface area contributed by atoms with Crippen LogP contribution in [0.4, 0.5) is 0 Å². The van der Waals surface area contributed by atoms with Crippen molar-refractivity contribution in [3.8, 4) is 5.75 Å². The number of ketones is 2. The van der Waals surface area contributed by atoms with Gasteiger partial charge in [-0.05, 0) is 29.0 Å². The van der Waals surface area contributed by atoms with Gasteiger partial charge in [-0.15, -0.1) is 12.4 Å². The maximum absolute atomic E-state index is 12.9. The van der Waals surface area contributed by atoms with Gasteiger partial charge in [-0.3, -0.25) is 9.59 Å². The van der Waals surface area contributed by atoms with E-state index in [2.05, 4.69) is 4.74 Å². The smallest absolute Gasteiger partial charge is 0.416 e. The molecule has 4 rings (SSSR count). The fraction of sp³-hybridized carbons (Fsp3) is 0.0526. The van der Waals surface area contributed by atoms with Gasteiger partial charge in [-0.2, -0.15) is 0 Å². The summed E-state index contributed by atoms with van der Waals surface area (Å²) in [6, 6.07) is 14.8. The summed E-state index contributed by atoms with van der Waals surface area (Å²) in [5, 5.41) is 28.8. The van der Waals surface area contributed by atoms with Crippen molar-refractivity contribution in [2.45, 2.75) is 6.16 Å². The Hall–Kier alpha value is -2.77. The molecule has 3 aromatic carbocycles. The lowest BCUT2D eigenvalue weighted by atomic mass is 9.82. The molecule has 0 heterocycles. The number of hydrogen-bond donors (Lipinski definition) is 3. The van der Waals surface area contributed by atoms with Crippen LogP contribution in [0.25, 0.3) is 10.8 Å². The third-order valence-electron chi connectivity index (χ3n) is 4.12. The fourth-order valence-electron chi connectivity index (χ4n) is 3.08. The average Bonchev–Trinajstić information content (AvgIpc) is 2.57. The molecule has 0 radical (unpaired) electrons. The lowest BCUT2D eigenvalue weighted by Gasteiger charge is -2.23. The molecule has 3 N–H and O–H groups in total. The van der Waals surface area contributed by atoms with Gasteiger partial charge in [0.05, 0.1) is 5.56 Å². The van der Waals surface area contributed by atoms with Crippen molar-refractivity contribution in [2.24, 2.45) is 0 Å². The quantitative estimate of drug-likeness (QED) is 0.465. The van der Waals surface area contributed by atoms with Gasteiger partial charge < -0.3 is 20.1 Å². The van der Waals surface area contributed by atoms with Crippen molar-refractivity contribution in [3.63, 3.8) is 0 Å². The van der Waals surface area contributed by atoms with E-state index in [-0.39, 0.29) is 46.2 Å². The number of fused-ring (bicyclic) bond motifs is 3. The van der Waals surface area contributed by atoms with Crippen molar-refractivity contribution < 1.29 is 29.6 Å². The van der Waals surface area contributed by atoms with Crippen LogP contribution in [0.1, 0.15) is 31.8 Å². The molecule has 0 unspecified atom stereocenters. The van der Waals surface area contributed by atoms with E-state index in [0.29, 0.717) is 0 Å². The largest absolute Gasteiger partial charge is 0.453 e. The molecule has 0 saturated heterocycles. The number of hydrogen-bond acceptors (Lipinski definition) is 6. The van der Waals surface area contributed by atoms with Crippen molar-refractivity contribution in [1.29, 1.82) is 0 Å². The third-order valence-corrected chi connectivity index (χ3v) is 4.12. The molecule has 0 bridgehead atoms. The summed E-state index contributed by atoms with van der Waals surface area (Å²) in [7, 11) is 0. The van der Waals surface area contributed by atoms with Crippen LogP contribution < -0.4 is 4.74 Å². The molecule has 0 spiro atoms. The second-order valence-electron chi connectivity index (χ2n) is 5.76. The number of aliphatic hydroxyl groups is 3. The number of carbonyl (C=O) groups is 2. The summed E-state index contributed by atoms with van der Waals surface area (Å²) < 4.78 is 4.61. The molecule has 1 aliphatic carbocycles. The zero-order valence-corrected chi connectivity index (χ0v) is 14.0. The maximum atomic E-state index is 12.9. The number of carbonyl (C=O) groups excluding carboxylic acids is 2. The Bertz CT molecular complexity index is 1050. The van der Waals surface area contributed by atoms with Crippen LogP contribution in [-0.4, -0.2) is 33.0 Å². The van der Waals surface area contributed by atoms with Crippen LogP contribution in [-0.2, 0) is 0 Å². The molecular formula is C19H13ClO6. The van der Waals surface area contributed by atoms with Crippen molar-refractivity contribution >= 4 is 34.7 Å². The molecule has 6 nitrogen and oxygen atoms in total. The highest BCUT2D eigenvalue weighted by atomic mass is 35.5. The normalized spacial score (nSPS) is 13.0. The van der Waals surface area contributed by atoms with Gasteiger partial charge in [0.25, 0.3) is 0 Å².